The van der Waals surface area contributed by atoms with E-state index >= 15 is 0 Å². The first kappa shape index (κ1) is 16.5. The van der Waals surface area contributed by atoms with E-state index in [-0.39, 0.29) is 26.3 Å². The monoisotopic (exact) mass is 312 g/mol. The Labute approximate surface area is 127 Å². The molecule has 1 unspecified atom stereocenters. The maximum Gasteiger partial charge on any atom is 0.309 e. The fourth-order valence-corrected chi connectivity index (χ4v) is 2.14. The van der Waals surface area contributed by atoms with Gasteiger partial charge in [-0.05, 0) is 12.1 Å². The third kappa shape index (κ3) is 4.55. The summed E-state index contributed by atoms with van der Waals surface area (Å²) in [7, 11) is 0. The summed E-state index contributed by atoms with van der Waals surface area (Å²) in [6.07, 6.45) is 2.09. The van der Waals surface area contributed by atoms with Crippen LogP contribution in [0.5, 0.6) is 0 Å². The highest BCUT2D eigenvalue weighted by Gasteiger charge is 2.36. The molecule has 8 nitrogen and oxygen atoms in total. The average molecular weight is 312 g/mol. The van der Waals surface area contributed by atoms with Crippen molar-refractivity contribution in [3.05, 3.63) is 24.2 Å². The van der Waals surface area contributed by atoms with Crippen molar-refractivity contribution in [3.8, 4) is 0 Å². The second kappa shape index (κ2) is 7.92. The van der Waals surface area contributed by atoms with Crippen LogP contribution in [0.1, 0.15) is 12.2 Å². The van der Waals surface area contributed by atoms with Gasteiger partial charge in [0.25, 0.3) is 0 Å². The summed E-state index contributed by atoms with van der Waals surface area (Å²) in [5.74, 6) is -0.925. The summed E-state index contributed by atoms with van der Waals surface area (Å²) in [6, 6.07) is 3.40. The summed E-state index contributed by atoms with van der Waals surface area (Å²) in [6.45, 7) is 1.19. The minimum absolute atomic E-state index is 0.112. The van der Waals surface area contributed by atoms with E-state index in [1.807, 2.05) is 0 Å². The predicted octanol–water partition coefficient (Wildman–Crippen LogP) is -0.820. The van der Waals surface area contributed by atoms with Crippen molar-refractivity contribution in [2.75, 3.05) is 33.0 Å². The van der Waals surface area contributed by atoms with Crippen molar-refractivity contribution in [3.63, 3.8) is 0 Å². The van der Waals surface area contributed by atoms with Crippen LogP contribution in [0.25, 0.3) is 0 Å². The first-order chi connectivity index (χ1) is 10.7. The van der Waals surface area contributed by atoms with Crippen molar-refractivity contribution in [2.24, 2.45) is 0 Å². The van der Waals surface area contributed by atoms with Crippen LogP contribution in [0.4, 0.5) is 0 Å². The van der Waals surface area contributed by atoms with Gasteiger partial charge in [-0.1, -0.05) is 0 Å². The molecule has 1 saturated heterocycles. The predicted molar refractivity (Wildman–Crippen MR) is 74.8 cm³/mol. The first-order valence-corrected chi connectivity index (χ1v) is 7.06. The van der Waals surface area contributed by atoms with Gasteiger partial charge in [0.2, 0.25) is 0 Å². The molecular formula is C14H20N2O6. The molecule has 2 heterocycles. The summed E-state index contributed by atoms with van der Waals surface area (Å²) in [4.78, 5) is 23.5. The molecule has 0 radical (unpaired) electrons. The largest absolute Gasteiger partial charge is 0.467 e. The molecule has 0 bridgehead atoms. The Hall–Kier alpha value is -1.90. The lowest BCUT2D eigenvalue weighted by atomic mass is 10.0. The smallest absolute Gasteiger partial charge is 0.309 e. The molecule has 1 aromatic rings. The molecule has 0 saturated carbocycles. The van der Waals surface area contributed by atoms with Gasteiger partial charge >= 0.3 is 11.8 Å². The van der Waals surface area contributed by atoms with Crippen LogP contribution >= 0.6 is 0 Å². The lowest BCUT2D eigenvalue weighted by molar-refractivity contribution is -0.140. The highest BCUT2D eigenvalue weighted by Crippen LogP contribution is 2.22. The van der Waals surface area contributed by atoms with Gasteiger partial charge in [0.15, 0.2) is 0 Å². The molecule has 0 aromatic carbocycles. The van der Waals surface area contributed by atoms with Gasteiger partial charge in [0.05, 0.1) is 32.6 Å². The number of carbonyl (C=O) groups is 2. The average Bonchev–Trinajstić information content (AvgIpc) is 3.20. The molecule has 1 aliphatic rings. The zero-order chi connectivity index (χ0) is 15.8. The minimum Gasteiger partial charge on any atom is -0.467 e. The van der Waals surface area contributed by atoms with Crippen LogP contribution in [0, 0.1) is 0 Å². The number of ether oxygens (including phenoxy) is 2. The number of aliphatic hydroxyl groups excluding tert-OH is 1. The molecule has 3 N–H and O–H groups in total. The van der Waals surface area contributed by atoms with E-state index in [1.165, 1.54) is 6.26 Å². The molecule has 122 valence electrons. The Morgan fingerprint density at radius 1 is 1.36 bits per heavy atom. The van der Waals surface area contributed by atoms with Crippen molar-refractivity contribution in [1.29, 1.82) is 0 Å². The molecule has 1 fully saturated rings. The third-order valence-electron chi connectivity index (χ3n) is 3.35. The van der Waals surface area contributed by atoms with Gasteiger partial charge < -0.3 is 29.6 Å². The van der Waals surface area contributed by atoms with Crippen LogP contribution in [0.2, 0.25) is 0 Å². The molecule has 2 rings (SSSR count). The molecule has 0 spiro atoms. The van der Waals surface area contributed by atoms with Crippen LogP contribution in [0.15, 0.2) is 22.8 Å². The van der Waals surface area contributed by atoms with E-state index in [4.69, 9.17) is 19.0 Å². The van der Waals surface area contributed by atoms with Crippen molar-refractivity contribution in [2.45, 2.75) is 18.6 Å². The maximum atomic E-state index is 11.8. The fourth-order valence-electron chi connectivity index (χ4n) is 2.14. The highest BCUT2D eigenvalue weighted by atomic mass is 16.6. The number of carbonyl (C=O) groups excluding carboxylic acids is 2. The van der Waals surface area contributed by atoms with Crippen LogP contribution in [-0.4, -0.2) is 55.5 Å². The standard InChI is InChI=1S/C14H20N2O6/c17-4-7-22-14(3-6-20-10-14)9-16-13(19)12(18)15-8-11-2-1-5-21-11/h1-2,5,17H,3-4,6-10H2,(H,15,18)(H,16,19). The molecule has 8 heteroatoms. The Bertz CT molecular complexity index is 482. The summed E-state index contributed by atoms with van der Waals surface area (Å²) in [5.41, 5.74) is -0.681. The second-order valence-electron chi connectivity index (χ2n) is 5.00. The van der Waals surface area contributed by atoms with Gasteiger partial charge in [0.1, 0.15) is 11.4 Å². The Morgan fingerprint density at radius 3 is 2.82 bits per heavy atom. The third-order valence-corrected chi connectivity index (χ3v) is 3.35. The lowest BCUT2D eigenvalue weighted by Gasteiger charge is -2.27. The maximum absolute atomic E-state index is 11.8. The van der Waals surface area contributed by atoms with E-state index < -0.39 is 17.4 Å². The molecule has 2 amide bonds. The Balaban J connectivity index is 1.76. The van der Waals surface area contributed by atoms with Crippen molar-refractivity contribution < 1.29 is 28.6 Å². The number of furan rings is 1. The second-order valence-corrected chi connectivity index (χ2v) is 5.00. The summed E-state index contributed by atoms with van der Waals surface area (Å²) in [5, 5.41) is 13.8. The van der Waals surface area contributed by atoms with E-state index in [2.05, 4.69) is 10.6 Å². The molecule has 22 heavy (non-hydrogen) atoms. The number of nitrogens with one attached hydrogen (secondary N) is 2. The molecule has 1 aromatic heterocycles. The Morgan fingerprint density at radius 2 is 2.18 bits per heavy atom. The number of aliphatic hydroxyl groups is 1. The summed E-state index contributed by atoms with van der Waals surface area (Å²) < 4.78 is 15.9. The molecule has 0 aliphatic carbocycles. The van der Waals surface area contributed by atoms with E-state index in [9.17, 15) is 9.59 Å². The normalized spacial score (nSPS) is 20.8. The zero-order valence-corrected chi connectivity index (χ0v) is 12.2. The fraction of sp³-hybridized carbons (Fsp3) is 0.571. The van der Waals surface area contributed by atoms with E-state index in [0.29, 0.717) is 25.4 Å². The van der Waals surface area contributed by atoms with Gasteiger partial charge in [-0.3, -0.25) is 9.59 Å². The van der Waals surface area contributed by atoms with Crippen LogP contribution < -0.4 is 10.6 Å². The van der Waals surface area contributed by atoms with Gasteiger partial charge in [-0.2, -0.15) is 0 Å². The topological polar surface area (TPSA) is 110 Å². The zero-order valence-electron chi connectivity index (χ0n) is 12.2. The molecular weight excluding hydrogens is 292 g/mol. The number of hydrogen-bond acceptors (Lipinski definition) is 6. The first-order valence-electron chi connectivity index (χ1n) is 7.06. The number of amides is 2. The lowest BCUT2D eigenvalue weighted by Crippen LogP contribution is -2.49. The number of rotatable bonds is 7. The van der Waals surface area contributed by atoms with Crippen LogP contribution in [-0.2, 0) is 25.6 Å². The van der Waals surface area contributed by atoms with Gasteiger partial charge in [0, 0.05) is 19.6 Å². The van der Waals surface area contributed by atoms with Crippen LogP contribution in [0.3, 0.4) is 0 Å². The molecule has 1 atom stereocenters. The SMILES string of the molecule is O=C(NCc1ccco1)C(=O)NCC1(OCCO)CCOC1. The van der Waals surface area contributed by atoms with E-state index in [0.717, 1.165) is 0 Å². The Kier molecular flexibility index (Phi) is 5.93. The van der Waals surface area contributed by atoms with E-state index in [1.54, 1.807) is 12.1 Å². The van der Waals surface area contributed by atoms with Crippen molar-refractivity contribution in [1.82, 2.24) is 10.6 Å². The quantitative estimate of drug-likeness (QED) is 0.568. The van der Waals surface area contributed by atoms with Gasteiger partial charge in [-0.15, -0.1) is 0 Å². The highest BCUT2D eigenvalue weighted by molar-refractivity contribution is 6.35. The molecule has 1 aliphatic heterocycles. The minimum atomic E-state index is -0.745. The summed E-state index contributed by atoms with van der Waals surface area (Å²) >= 11 is 0. The van der Waals surface area contributed by atoms with Gasteiger partial charge in [-0.25, -0.2) is 0 Å². The number of hydrogen-bond donors (Lipinski definition) is 3. The van der Waals surface area contributed by atoms with Crippen molar-refractivity contribution >= 4 is 11.8 Å².